The van der Waals surface area contributed by atoms with E-state index in [1.165, 1.54) is 12.1 Å². The highest BCUT2D eigenvalue weighted by Crippen LogP contribution is 2.19. The van der Waals surface area contributed by atoms with E-state index in [4.69, 9.17) is 9.84 Å². The molecule has 1 aromatic rings. The number of carbonyl (C=O) groups excluding carboxylic acids is 1. The summed E-state index contributed by atoms with van der Waals surface area (Å²) in [5.74, 6) is -1.22. The van der Waals surface area contributed by atoms with E-state index in [1.54, 1.807) is 0 Å². The van der Waals surface area contributed by atoms with Crippen LogP contribution >= 0.6 is 0 Å². The molecule has 1 aliphatic heterocycles. The predicted molar refractivity (Wildman–Crippen MR) is 59.4 cm³/mol. The Balaban J connectivity index is 1.90. The molecule has 0 radical (unpaired) electrons. The Labute approximate surface area is 97.6 Å². The maximum atomic E-state index is 13.0. The summed E-state index contributed by atoms with van der Waals surface area (Å²) in [6.45, 7) is 1.14. The average molecular weight is 240 g/mol. The summed E-state index contributed by atoms with van der Waals surface area (Å²) in [5.41, 5.74) is 0.289. The largest absolute Gasteiger partial charge is 0.505 e. The van der Waals surface area contributed by atoms with Crippen LogP contribution < -0.4 is 10.6 Å². The molecule has 2 rings (SSSR count). The first kappa shape index (κ1) is 11.7. The molecule has 1 fully saturated rings. The molecule has 6 heteroatoms. The third-order valence-electron chi connectivity index (χ3n) is 2.47. The highest BCUT2D eigenvalue weighted by molar-refractivity contribution is 5.89. The van der Waals surface area contributed by atoms with Crippen LogP contribution in [0.2, 0.25) is 0 Å². The van der Waals surface area contributed by atoms with Crippen molar-refractivity contribution in [3.05, 3.63) is 24.0 Å². The standard InChI is InChI=1S/C11H13FN2O3/c12-9-5-7(1-2-10(9)15)13-11(16)14-8-3-4-17-6-8/h1-2,5,8,15H,3-4,6H2,(H2,13,14,16). The van der Waals surface area contributed by atoms with Crippen molar-refractivity contribution in [3.8, 4) is 5.75 Å². The van der Waals surface area contributed by atoms with Gasteiger partial charge in [-0.3, -0.25) is 0 Å². The minimum absolute atomic E-state index is 0.00281. The molecule has 0 bridgehead atoms. The molecule has 1 unspecified atom stereocenters. The molecular formula is C11H13FN2O3. The van der Waals surface area contributed by atoms with Crippen LogP contribution in [0.4, 0.5) is 14.9 Å². The molecule has 1 heterocycles. The number of aromatic hydroxyl groups is 1. The molecule has 1 aliphatic rings. The number of nitrogens with one attached hydrogen (secondary N) is 2. The molecule has 1 aromatic carbocycles. The Kier molecular flexibility index (Phi) is 3.43. The van der Waals surface area contributed by atoms with Gasteiger partial charge in [-0.05, 0) is 18.6 Å². The Bertz CT molecular complexity index is 419. The fraction of sp³-hybridized carbons (Fsp3) is 0.364. The summed E-state index contributed by atoms with van der Waals surface area (Å²) < 4.78 is 18.1. The summed E-state index contributed by atoms with van der Waals surface area (Å²) in [5, 5.41) is 14.2. The summed E-state index contributed by atoms with van der Waals surface area (Å²) in [6, 6.07) is 3.25. The number of phenolic OH excluding ortho intramolecular Hbond substituents is 1. The van der Waals surface area contributed by atoms with Crippen molar-refractivity contribution in [1.29, 1.82) is 0 Å². The van der Waals surface area contributed by atoms with Crippen LogP contribution in [0.3, 0.4) is 0 Å². The lowest BCUT2D eigenvalue weighted by Gasteiger charge is -2.11. The van der Waals surface area contributed by atoms with Gasteiger partial charge in [0.2, 0.25) is 0 Å². The molecule has 1 saturated heterocycles. The van der Waals surface area contributed by atoms with Gasteiger partial charge in [0.15, 0.2) is 11.6 Å². The molecule has 0 aliphatic carbocycles. The number of urea groups is 1. The molecular weight excluding hydrogens is 227 g/mol. The van der Waals surface area contributed by atoms with E-state index in [1.807, 2.05) is 0 Å². The van der Waals surface area contributed by atoms with E-state index >= 15 is 0 Å². The first-order valence-corrected chi connectivity index (χ1v) is 5.29. The number of amides is 2. The summed E-state index contributed by atoms with van der Waals surface area (Å²) in [7, 11) is 0. The van der Waals surface area contributed by atoms with Crippen LogP contribution in [-0.4, -0.2) is 30.4 Å². The highest BCUT2D eigenvalue weighted by atomic mass is 19.1. The van der Waals surface area contributed by atoms with Gasteiger partial charge >= 0.3 is 6.03 Å². The lowest BCUT2D eigenvalue weighted by Crippen LogP contribution is -2.38. The molecule has 1 atom stereocenters. The summed E-state index contributed by atoms with van der Waals surface area (Å²) in [4.78, 5) is 11.5. The van der Waals surface area contributed by atoms with Crippen LogP contribution in [0.5, 0.6) is 5.75 Å². The average Bonchev–Trinajstić information content (AvgIpc) is 2.76. The van der Waals surface area contributed by atoms with E-state index < -0.39 is 17.6 Å². The zero-order chi connectivity index (χ0) is 12.3. The van der Waals surface area contributed by atoms with E-state index in [0.717, 1.165) is 12.5 Å². The third kappa shape index (κ3) is 3.07. The van der Waals surface area contributed by atoms with Gasteiger partial charge in [-0.25, -0.2) is 9.18 Å². The molecule has 2 amide bonds. The molecule has 5 nitrogen and oxygen atoms in total. The predicted octanol–water partition coefficient (Wildman–Crippen LogP) is 1.44. The third-order valence-corrected chi connectivity index (χ3v) is 2.47. The lowest BCUT2D eigenvalue weighted by molar-refractivity contribution is 0.189. The minimum atomic E-state index is -0.771. The first-order chi connectivity index (χ1) is 8.15. The number of hydrogen-bond donors (Lipinski definition) is 3. The maximum Gasteiger partial charge on any atom is 0.319 e. The number of rotatable bonds is 2. The van der Waals surface area contributed by atoms with Gasteiger partial charge in [0.1, 0.15) is 0 Å². The number of halogens is 1. The van der Waals surface area contributed by atoms with Gasteiger partial charge < -0.3 is 20.5 Å². The highest BCUT2D eigenvalue weighted by Gasteiger charge is 2.17. The molecule has 0 aromatic heterocycles. The van der Waals surface area contributed by atoms with E-state index in [0.29, 0.717) is 13.2 Å². The van der Waals surface area contributed by atoms with Gasteiger partial charge in [-0.1, -0.05) is 0 Å². The number of ether oxygens (including phenoxy) is 1. The van der Waals surface area contributed by atoms with Crippen molar-refractivity contribution in [3.63, 3.8) is 0 Å². The number of benzene rings is 1. The number of phenols is 1. The fourth-order valence-electron chi connectivity index (χ4n) is 1.59. The smallest absolute Gasteiger partial charge is 0.319 e. The summed E-state index contributed by atoms with van der Waals surface area (Å²) >= 11 is 0. The molecule has 3 N–H and O–H groups in total. The normalized spacial score (nSPS) is 19.0. The number of anilines is 1. The van der Waals surface area contributed by atoms with Crippen molar-refractivity contribution in [2.45, 2.75) is 12.5 Å². The van der Waals surface area contributed by atoms with E-state index in [2.05, 4.69) is 10.6 Å². The van der Waals surface area contributed by atoms with Crippen LogP contribution in [0.15, 0.2) is 18.2 Å². The quantitative estimate of drug-likeness (QED) is 0.685. The van der Waals surface area contributed by atoms with E-state index in [9.17, 15) is 9.18 Å². The van der Waals surface area contributed by atoms with Crippen molar-refractivity contribution < 1.29 is 19.0 Å². The minimum Gasteiger partial charge on any atom is -0.505 e. The SMILES string of the molecule is O=C(Nc1ccc(O)c(F)c1)NC1CCOC1. The first-order valence-electron chi connectivity index (χ1n) is 5.29. The van der Waals surface area contributed by atoms with Gasteiger partial charge in [-0.15, -0.1) is 0 Å². The Morgan fingerprint density at radius 3 is 3.00 bits per heavy atom. The van der Waals surface area contributed by atoms with Gasteiger partial charge in [0.25, 0.3) is 0 Å². The van der Waals surface area contributed by atoms with Crippen molar-refractivity contribution in [2.24, 2.45) is 0 Å². The number of carbonyl (C=O) groups is 1. The zero-order valence-corrected chi connectivity index (χ0v) is 9.07. The van der Waals surface area contributed by atoms with Crippen LogP contribution in [-0.2, 0) is 4.74 Å². The van der Waals surface area contributed by atoms with Gasteiger partial charge in [0.05, 0.1) is 12.6 Å². The Morgan fingerprint density at radius 1 is 1.53 bits per heavy atom. The lowest BCUT2D eigenvalue weighted by atomic mass is 10.2. The maximum absolute atomic E-state index is 13.0. The van der Waals surface area contributed by atoms with Crippen molar-refractivity contribution in [2.75, 3.05) is 18.5 Å². The Hall–Kier alpha value is -1.82. The second kappa shape index (κ2) is 5.01. The molecule has 92 valence electrons. The molecule has 0 saturated carbocycles. The van der Waals surface area contributed by atoms with Crippen LogP contribution in [0.25, 0.3) is 0 Å². The monoisotopic (exact) mass is 240 g/mol. The van der Waals surface area contributed by atoms with Crippen molar-refractivity contribution >= 4 is 11.7 Å². The number of hydrogen-bond acceptors (Lipinski definition) is 3. The Morgan fingerprint density at radius 2 is 2.35 bits per heavy atom. The second-order valence-electron chi connectivity index (χ2n) is 3.83. The topological polar surface area (TPSA) is 70.6 Å². The second-order valence-corrected chi connectivity index (χ2v) is 3.83. The fourth-order valence-corrected chi connectivity index (χ4v) is 1.59. The molecule has 17 heavy (non-hydrogen) atoms. The molecule has 0 spiro atoms. The van der Waals surface area contributed by atoms with E-state index in [-0.39, 0.29) is 11.7 Å². The van der Waals surface area contributed by atoms with Gasteiger partial charge in [0, 0.05) is 18.4 Å². The van der Waals surface area contributed by atoms with Crippen LogP contribution in [0.1, 0.15) is 6.42 Å². The van der Waals surface area contributed by atoms with Crippen molar-refractivity contribution in [1.82, 2.24) is 5.32 Å². The zero-order valence-electron chi connectivity index (χ0n) is 9.07. The summed E-state index contributed by atoms with van der Waals surface area (Å²) in [6.07, 6.45) is 0.775. The van der Waals surface area contributed by atoms with Crippen LogP contribution in [0, 0.1) is 5.82 Å². The van der Waals surface area contributed by atoms with Gasteiger partial charge in [-0.2, -0.15) is 0 Å².